The highest BCUT2D eigenvalue weighted by Gasteiger charge is 2.27. The van der Waals surface area contributed by atoms with Crippen molar-refractivity contribution in [1.82, 2.24) is 0 Å². The van der Waals surface area contributed by atoms with E-state index in [4.69, 9.17) is 10.5 Å². The van der Waals surface area contributed by atoms with Gasteiger partial charge < -0.3 is 10.5 Å². The van der Waals surface area contributed by atoms with E-state index >= 15 is 0 Å². The van der Waals surface area contributed by atoms with Crippen molar-refractivity contribution < 1.29 is 17.5 Å². The highest BCUT2D eigenvalue weighted by Crippen LogP contribution is 2.34. The Labute approximate surface area is 127 Å². The summed E-state index contributed by atoms with van der Waals surface area (Å²) in [6, 6.07) is 11.0. The molecule has 6 heteroatoms. The molecule has 22 heavy (non-hydrogen) atoms. The van der Waals surface area contributed by atoms with E-state index in [9.17, 15) is 12.8 Å². The molecule has 0 saturated heterocycles. The first kappa shape index (κ1) is 14.7. The van der Waals surface area contributed by atoms with Crippen LogP contribution in [0.5, 0.6) is 5.75 Å². The molecule has 1 heterocycles. The zero-order chi connectivity index (χ0) is 15.7. The van der Waals surface area contributed by atoms with Crippen molar-refractivity contribution in [1.29, 1.82) is 0 Å². The van der Waals surface area contributed by atoms with E-state index in [1.165, 1.54) is 17.5 Å². The SMILES string of the molecule is NCc1ccc2c(c1)S(=O)(=O)C=C2COc1ccccc1F. The maximum atomic E-state index is 13.5. The van der Waals surface area contributed by atoms with Crippen molar-refractivity contribution >= 4 is 15.4 Å². The molecule has 0 aliphatic carbocycles. The van der Waals surface area contributed by atoms with Crippen molar-refractivity contribution in [3.63, 3.8) is 0 Å². The Morgan fingerprint density at radius 3 is 2.64 bits per heavy atom. The number of sulfone groups is 1. The molecule has 0 radical (unpaired) electrons. The van der Waals surface area contributed by atoms with E-state index in [-0.39, 0.29) is 23.8 Å². The van der Waals surface area contributed by atoms with Crippen molar-refractivity contribution in [3.8, 4) is 5.75 Å². The van der Waals surface area contributed by atoms with Crippen LogP contribution in [0.2, 0.25) is 0 Å². The van der Waals surface area contributed by atoms with Crippen LogP contribution < -0.4 is 10.5 Å². The molecule has 0 amide bonds. The smallest absolute Gasteiger partial charge is 0.200 e. The predicted molar refractivity (Wildman–Crippen MR) is 81.4 cm³/mol. The van der Waals surface area contributed by atoms with E-state index in [2.05, 4.69) is 0 Å². The molecule has 2 aromatic carbocycles. The third kappa shape index (κ3) is 2.63. The van der Waals surface area contributed by atoms with E-state index in [0.717, 1.165) is 5.56 Å². The minimum atomic E-state index is -3.49. The minimum absolute atomic E-state index is 0.0187. The lowest BCUT2D eigenvalue weighted by molar-refractivity contribution is 0.348. The van der Waals surface area contributed by atoms with E-state index in [1.54, 1.807) is 30.3 Å². The van der Waals surface area contributed by atoms with Gasteiger partial charge in [0.25, 0.3) is 0 Å². The maximum Gasteiger partial charge on any atom is 0.200 e. The first-order valence-corrected chi connectivity index (χ1v) is 8.22. The summed E-state index contributed by atoms with van der Waals surface area (Å²) in [4.78, 5) is 0.225. The molecule has 3 rings (SSSR count). The molecule has 1 aliphatic rings. The largest absolute Gasteiger partial charge is 0.486 e. The van der Waals surface area contributed by atoms with Crippen LogP contribution in [-0.4, -0.2) is 15.0 Å². The Morgan fingerprint density at radius 1 is 1.14 bits per heavy atom. The number of benzene rings is 2. The van der Waals surface area contributed by atoms with Gasteiger partial charge in [0.15, 0.2) is 11.6 Å². The van der Waals surface area contributed by atoms with Gasteiger partial charge in [0.05, 0.1) is 4.90 Å². The number of fused-ring (bicyclic) bond motifs is 1. The van der Waals surface area contributed by atoms with Crippen LogP contribution in [0.3, 0.4) is 0 Å². The van der Waals surface area contributed by atoms with Gasteiger partial charge in [0.1, 0.15) is 6.61 Å². The second-order valence-corrected chi connectivity index (χ2v) is 6.71. The van der Waals surface area contributed by atoms with E-state index in [1.807, 2.05) is 0 Å². The number of rotatable bonds is 4. The molecule has 4 nitrogen and oxygen atoms in total. The Bertz CT molecular complexity index is 859. The Hall–Kier alpha value is -2.18. The Balaban J connectivity index is 1.90. The molecule has 1 aliphatic heterocycles. The molecule has 0 saturated carbocycles. The van der Waals surface area contributed by atoms with Crippen LogP contribution in [0.25, 0.3) is 5.57 Å². The van der Waals surface area contributed by atoms with Crippen LogP contribution in [0.15, 0.2) is 52.8 Å². The van der Waals surface area contributed by atoms with Crippen LogP contribution in [-0.2, 0) is 16.4 Å². The molecule has 2 aromatic rings. The topological polar surface area (TPSA) is 69.4 Å². The molecule has 0 aromatic heterocycles. The second kappa shape index (κ2) is 5.55. The van der Waals surface area contributed by atoms with Crippen LogP contribution in [0.4, 0.5) is 4.39 Å². The van der Waals surface area contributed by atoms with Gasteiger partial charge in [-0.2, -0.15) is 0 Å². The first-order valence-electron chi connectivity index (χ1n) is 6.67. The van der Waals surface area contributed by atoms with Gasteiger partial charge >= 0.3 is 0 Å². The fraction of sp³-hybridized carbons (Fsp3) is 0.125. The van der Waals surface area contributed by atoms with Gasteiger partial charge in [-0.1, -0.05) is 24.3 Å². The molecule has 2 N–H and O–H groups in total. The number of hydrogen-bond acceptors (Lipinski definition) is 4. The van der Waals surface area contributed by atoms with Gasteiger partial charge in [0, 0.05) is 23.1 Å². The van der Waals surface area contributed by atoms with Gasteiger partial charge in [-0.05, 0) is 23.8 Å². The third-order valence-electron chi connectivity index (χ3n) is 3.45. The van der Waals surface area contributed by atoms with Gasteiger partial charge in [0.2, 0.25) is 9.84 Å². The lowest BCUT2D eigenvalue weighted by atomic mass is 10.1. The van der Waals surface area contributed by atoms with Crippen LogP contribution in [0.1, 0.15) is 11.1 Å². The number of hydrogen-bond donors (Lipinski definition) is 1. The molecule has 0 unspecified atom stereocenters. The van der Waals surface area contributed by atoms with E-state index in [0.29, 0.717) is 11.1 Å². The first-order chi connectivity index (χ1) is 10.5. The number of halogens is 1. The molecule has 0 atom stereocenters. The molecule has 0 fully saturated rings. The minimum Gasteiger partial charge on any atom is -0.486 e. The lowest BCUT2D eigenvalue weighted by Crippen LogP contribution is -2.02. The summed E-state index contributed by atoms with van der Waals surface area (Å²) in [6.45, 7) is 0.249. The van der Waals surface area contributed by atoms with Gasteiger partial charge in [-0.25, -0.2) is 12.8 Å². The van der Waals surface area contributed by atoms with Gasteiger partial charge in [-0.15, -0.1) is 0 Å². The highest BCUT2D eigenvalue weighted by atomic mass is 32.2. The summed E-state index contributed by atoms with van der Waals surface area (Å²) in [7, 11) is -3.49. The number of ether oxygens (including phenoxy) is 1. The summed E-state index contributed by atoms with van der Waals surface area (Å²) >= 11 is 0. The molecule has 114 valence electrons. The number of para-hydroxylation sites is 1. The summed E-state index contributed by atoms with van der Waals surface area (Å²) in [5.74, 6) is -0.393. The summed E-state index contributed by atoms with van der Waals surface area (Å²) < 4.78 is 43.3. The van der Waals surface area contributed by atoms with Crippen molar-refractivity contribution in [2.75, 3.05) is 6.61 Å². The summed E-state index contributed by atoms with van der Waals surface area (Å²) in [6.07, 6.45) is 0. The van der Waals surface area contributed by atoms with Crippen molar-refractivity contribution in [2.45, 2.75) is 11.4 Å². The van der Waals surface area contributed by atoms with Crippen LogP contribution in [0, 0.1) is 5.82 Å². The Kier molecular flexibility index (Phi) is 3.72. The fourth-order valence-electron chi connectivity index (χ4n) is 2.34. The number of nitrogens with two attached hydrogens (primary N) is 1. The maximum absolute atomic E-state index is 13.5. The average Bonchev–Trinajstić information content (AvgIpc) is 2.77. The monoisotopic (exact) mass is 319 g/mol. The normalized spacial score (nSPS) is 15.3. The van der Waals surface area contributed by atoms with E-state index < -0.39 is 15.7 Å². The molecular weight excluding hydrogens is 305 g/mol. The zero-order valence-electron chi connectivity index (χ0n) is 11.6. The fourth-order valence-corrected chi connectivity index (χ4v) is 3.86. The quantitative estimate of drug-likeness (QED) is 0.940. The third-order valence-corrected chi connectivity index (χ3v) is 5.00. The zero-order valence-corrected chi connectivity index (χ0v) is 12.4. The summed E-state index contributed by atoms with van der Waals surface area (Å²) in [5.41, 5.74) is 7.36. The van der Waals surface area contributed by atoms with Gasteiger partial charge in [-0.3, -0.25) is 0 Å². The molecule has 0 bridgehead atoms. The molecule has 0 spiro atoms. The average molecular weight is 319 g/mol. The Morgan fingerprint density at radius 2 is 1.91 bits per heavy atom. The van der Waals surface area contributed by atoms with Crippen molar-refractivity contribution in [2.24, 2.45) is 5.73 Å². The predicted octanol–water partition coefficient (Wildman–Crippen LogP) is 2.49. The second-order valence-electron chi connectivity index (χ2n) is 4.94. The standard InChI is InChI=1S/C16H14FNO3S/c17-14-3-1-2-4-15(14)21-9-12-10-22(19,20)16-7-11(8-18)5-6-13(12)16/h1-7,10H,8-9,18H2. The van der Waals surface area contributed by atoms with Crippen LogP contribution >= 0.6 is 0 Å². The highest BCUT2D eigenvalue weighted by molar-refractivity contribution is 7.95. The molecular formula is C16H14FNO3S. The lowest BCUT2D eigenvalue weighted by Gasteiger charge is -2.09. The summed E-state index contributed by atoms with van der Waals surface area (Å²) in [5, 5.41) is 1.17. The van der Waals surface area contributed by atoms with Crippen molar-refractivity contribution in [3.05, 3.63) is 64.8 Å².